The minimum Gasteiger partial charge on any atom is -0.362 e. The maximum atomic E-state index is 13.4. The number of thiocarbonyl (C=S) groups is 1. The lowest BCUT2D eigenvalue weighted by Crippen LogP contribution is -2.29. The topological polar surface area (TPSA) is 37.0 Å². The summed E-state index contributed by atoms with van der Waals surface area (Å²) in [6, 6.07) is 10.8. The molecule has 2 rings (SSSR count). The lowest BCUT2D eigenvalue weighted by molar-refractivity contribution is 0.617. The van der Waals surface area contributed by atoms with Crippen molar-refractivity contribution in [1.82, 2.24) is 10.3 Å². The summed E-state index contributed by atoms with van der Waals surface area (Å²) in [5, 5.41) is 6.76. The quantitative estimate of drug-likeness (QED) is 0.580. The van der Waals surface area contributed by atoms with Gasteiger partial charge in [-0.15, -0.1) is 0 Å². The maximum Gasteiger partial charge on any atom is 0.171 e. The van der Waals surface area contributed by atoms with E-state index in [2.05, 4.69) is 15.6 Å². The number of anilines is 1. The van der Waals surface area contributed by atoms with Crippen molar-refractivity contribution in [3.8, 4) is 0 Å². The summed E-state index contributed by atoms with van der Waals surface area (Å²) in [4.78, 5) is 4.24. The normalized spacial score (nSPS) is 10.3. The Kier molecular flexibility index (Phi) is 7.29. The highest BCUT2D eigenvalue weighted by Gasteiger charge is 2.01. The zero-order valence-electron chi connectivity index (χ0n) is 13.0. The van der Waals surface area contributed by atoms with Gasteiger partial charge in [0.1, 0.15) is 11.6 Å². The molecule has 0 spiro atoms. The number of thioether (sulfide) groups is 1. The summed E-state index contributed by atoms with van der Waals surface area (Å²) in [7, 11) is 0. The van der Waals surface area contributed by atoms with E-state index in [1.54, 1.807) is 24.0 Å². The second kappa shape index (κ2) is 9.47. The Labute approximate surface area is 146 Å². The number of benzene rings is 1. The van der Waals surface area contributed by atoms with E-state index in [0.29, 0.717) is 10.9 Å². The number of hydrogen-bond donors (Lipinski definition) is 2. The van der Waals surface area contributed by atoms with Crippen LogP contribution in [0.5, 0.6) is 0 Å². The smallest absolute Gasteiger partial charge is 0.171 e. The molecule has 0 fully saturated rings. The first-order valence-corrected chi connectivity index (χ1v) is 9.00. The standard InChI is InChI=1S/C17H20FN3S2/c1-13-7-8-16(20-11-13)21-17(22)19-9-4-10-23-12-14-5-2-3-6-15(14)18/h2-3,5-8,11H,4,9-10,12H2,1H3,(H2,19,20,21,22). The van der Waals surface area contributed by atoms with Gasteiger partial charge in [-0.2, -0.15) is 11.8 Å². The largest absolute Gasteiger partial charge is 0.362 e. The van der Waals surface area contributed by atoms with Gasteiger partial charge in [-0.25, -0.2) is 9.37 Å². The summed E-state index contributed by atoms with van der Waals surface area (Å²) in [5.74, 6) is 2.26. The van der Waals surface area contributed by atoms with Gasteiger partial charge < -0.3 is 10.6 Å². The molecule has 2 N–H and O–H groups in total. The predicted molar refractivity (Wildman–Crippen MR) is 100 cm³/mol. The van der Waals surface area contributed by atoms with Gasteiger partial charge in [-0.1, -0.05) is 24.3 Å². The molecule has 0 aliphatic heterocycles. The third kappa shape index (κ3) is 6.54. The molecule has 0 aliphatic carbocycles. The van der Waals surface area contributed by atoms with Crippen LogP contribution in [0.3, 0.4) is 0 Å². The van der Waals surface area contributed by atoms with Crippen molar-refractivity contribution in [1.29, 1.82) is 0 Å². The maximum absolute atomic E-state index is 13.4. The first-order chi connectivity index (χ1) is 11.1. The monoisotopic (exact) mass is 349 g/mol. The van der Waals surface area contributed by atoms with E-state index in [0.717, 1.165) is 35.7 Å². The fraction of sp³-hybridized carbons (Fsp3) is 0.294. The zero-order valence-corrected chi connectivity index (χ0v) is 14.6. The molecule has 0 unspecified atom stereocenters. The highest BCUT2D eigenvalue weighted by Crippen LogP contribution is 2.15. The van der Waals surface area contributed by atoms with Crippen molar-refractivity contribution >= 4 is 34.9 Å². The number of hydrogen-bond acceptors (Lipinski definition) is 3. The van der Waals surface area contributed by atoms with E-state index in [-0.39, 0.29) is 5.82 Å². The van der Waals surface area contributed by atoms with E-state index in [1.165, 1.54) is 6.07 Å². The Bertz CT molecular complexity index is 632. The van der Waals surface area contributed by atoms with Crippen molar-refractivity contribution in [2.24, 2.45) is 0 Å². The molecule has 0 radical (unpaired) electrons. The minimum atomic E-state index is -0.130. The van der Waals surface area contributed by atoms with Gasteiger partial charge in [0.2, 0.25) is 0 Å². The minimum absolute atomic E-state index is 0.130. The van der Waals surface area contributed by atoms with Crippen LogP contribution >= 0.6 is 24.0 Å². The fourth-order valence-corrected chi connectivity index (χ4v) is 3.03. The van der Waals surface area contributed by atoms with Crippen molar-refractivity contribution < 1.29 is 4.39 Å². The van der Waals surface area contributed by atoms with Gasteiger partial charge in [0, 0.05) is 18.5 Å². The average Bonchev–Trinajstić information content (AvgIpc) is 2.54. The molecule has 1 aromatic carbocycles. The van der Waals surface area contributed by atoms with Gasteiger partial charge in [0.05, 0.1) is 0 Å². The lowest BCUT2D eigenvalue weighted by atomic mass is 10.2. The van der Waals surface area contributed by atoms with Crippen molar-refractivity contribution in [3.63, 3.8) is 0 Å². The highest BCUT2D eigenvalue weighted by molar-refractivity contribution is 7.98. The van der Waals surface area contributed by atoms with Gasteiger partial charge in [-0.3, -0.25) is 0 Å². The van der Waals surface area contributed by atoms with E-state index in [4.69, 9.17) is 12.2 Å². The zero-order chi connectivity index (χ0) is 16.5. The molecule has 1 aromatic heterocycles. The Morgan fingerprint density at radius 1 is 1.26 bits per heavy atom. The molecular formula is C17H20FN3S2. The molecule has 0 atom stereocenters. The fourth-order valence-electron chi connectivity index (χ4n) is 1.88. The molecule has 0 saturated heterocycles. The van der Waals surface area contributed by atoms with Gasteiger partial charge in [0.25, 0.3) is 0 Å². The third-order valence-electron chi connectivity index (χ3n) is 3.12. The summed E-state index contributed by atoms with van der Waals surface area (Å²) in [5.41, 5.74) is 1.87. The Morgan fingerprint density at radius 3 is 2.83 bits per heavy atom. The lowest BCUT2D eigenvalue weighted by Gasteiger charge is -2.10. The summed E-state index contributed by atoms with van der Waals surface area (Å²) >= 11 is 6.94. The van der Waals surface area contributed by atoms with Gasteiger partial charge in [0.15, 0.2) is 5.11 Å². The van der Waals surface area contributed by atoms with Crippen LogP contribution in [0.2, 0.25) is 0 Å². The Morgan fingerprint density at radius 2 is 2.09 bits per heavy atom. The second-order valence-corrected chi connectivity index (χ2v) is 6.61. The van der Waals surface area contributed by atoms with E-state index < -0.39 is 0 Å². The molecule has 6 heteroatoms. The van der Waals surface area contributed by atoms with Crippen molar-refractivity contribution in [2.75, 3.05) is 17.6 Å². The molecule has 23 heavy (non-hydrogen) atoms. The third-order valence-corrected chi connectivity index (χ3v) is 4.46. The summed E-state index contributed by atoms with van der Waals surface area (Å²) in [6.45, 7) is 2.77. The number of nitrogens with one attached hydrogen (secondary N) is 2. The van der Waals surface area contributed by atoms with Crippen LogP contribution in [0.25, 0.3) is 0 Å². The van der Waals surface area contributed by atoms with Crippen LogP contribution < -0.4 is 10.6 Å². The van der Waals surface area contributed by atoms with Gasteiger partial charge >= 0.3 is 0 Å². The van der Waals surface area contributed by atoms with Crippen LogP contribution in [0.4, 0.5) is 10.2 Å². The predicted octanol–water partition coefficient (Wildman–Crippen LogP) is 4.14. The molecular weight excluding hydrogens is 329 g/mol. The molecule has 0 saturated carbocycles. The van der Waals surface area contributed by atoms with Crippen LogP contribution in [-0.2, 0) is 5.75 Å². The van der Waals surface area contributed by atoms with Gasteiger partial charge in [-0.05, 0) is 54.6 Å². The number of aryl methyl sites for hydroxylation is 1. The number of nitrogens with zero attached hydrogens (tertiary/aromatic N) is 1. The number of pyridine rings is 1. The Hall–Kier alpha value is -1.66. The molecule has 3 nitrogen and oxygen atoms in total. The van der Waals surface area contributed by atoms with E-state index >= 15 is 0 Å². The highest BCUT2D eigenvalue weighted by atomic mass is 32.2. The summed E-state index contributed by atoms with van der Waals surface area (Å²) < 4.78 is 13.4. The summed E-state index contributed by atoms with van der Waals surface area (Å²) in [6.07, 6.45) is 2.76. The van der Waals surface area contributed by atoms with E-state index in [1.807, 2.05) is 31.2 Å². The first-order valence-electron chi connectivity index (χ1n) is 7.44. The van der Waals surface area contributed by atoms with Crippen LogP contribution in [-0.4, -0.2) is 22.4 Å². The molecule has 2 aromatic rings. The number of halogens is 1. The second-order valence-electron chi connectivity index (χ2n) is 5.10. The van der Waals surface area contributed by atoms with Crippen LogP contribution in [0, 0.1) is 12.7 Å². The molecule has 0 bridgehead atoms. The van der Waals surface area contributed by atoms with Crippen molar-refractivity contribution in [3.05, 3.63) is 59.5 Å². The van der Waals surface area contributed by atoms with E-state index in [9.17, 15) is 4.39 Å². The average molecular weight is 350 g/mol. The SMILES string of the molecule is Cc1ccc(NC(=S)NCCCSCc2ccccc2F)nc1. The van der Waals surface area contributed by atoms with Crippen LogP contribution in [0.1, 0.15) is 17.5 Å². The number of aromatic nitrogens is 1. The Balaban J connectivity index is 1.57. The molecule has 1 heterocycles. The molecule has 122 valence electrons. The van der Waals surface area contributed by atoms with Crippen molar-refractivity contribution in [2.45, 2.75) is 19.1 Å². The number of rotatable bonds is 7. The molecule has 0 amide bonds. The first kappa shape index (κ1) is 17.7. The van der Waals surface area contributed by atoms with Crippen LogP contribution in [0.15, 0.2) is 42.6 Å². The molecule has 0 aliphatic rings.